The highest BCUT2D eigenvalue weighted by atomic mass is 35.5. The second-order valence-electron chi connectivity index (χ2n) is 6.06. The number of rotatable bonds is 6. The summed E-state index contributed by atoms with van der Waals surface area (Å²) in [6.07, 6.45) is 6.13. The summed E-state index contributed by atoms with van der Waals surface area (Å²) >= 11 is 5.85. The van der Waals surface area contributed by atoms with Crippen LogP contribution in [-0.2, 0) is 4.79 Å². The second kappa shape index (κ2) is 9.07. The van der Waals surface area contributed by atoms with Gasteiger partial charge in [-0.2, -0.15) is 0 Å². The minimum absolute atomic E-state index is 0.0398. The van der Waals surface area contributed by atoms with Crippen molar-refractivity contribution in [2.45, 2.75) is 26.3 Å². The van der Waals surface area contributed by atoms with Crippen LogP contribution in [0.2, 0.25) is 5.02 Å². The summed E-state index contributed by atoms with van der Waals surface area (Å²) in [4.78, 5) is 25.2. The molecule has 0 aliphatic heterocycles. The predicted molar refractivity (Wildman–Crippen MR) is 105 cm³/mol. The number of hydrogen-bond acceptors (Lipinski definition) is 2. The van der Waals surface area contributed by atoms with Crippen LogP contribution >= 0.6 is 11.6 Å². The molecule has 4 nitrogen and oxygen atoms in total. The summed E-state index contributed by atoms with van der Waals surface area (Å²) in [5.41, 5.74) is 1.72. The summed E-state index contributed by atoms with van der Waals surface area (Å²) < 4.78 is 0. The van der Waals surface area contributed by atoms with Crippen molar-refractivity contribution in [3.05, 3.63) is 64.7 Å². The van der Waals surface area contributed by atoms with E-state index in [1.165, 1.54) is 0 Å². The highest BCUT2D eigenvalue weighted by molar-refractivity contribution is 6.30. The van der Waals surface area contributed by atoms with E-state index in [2.05, 4.69) is 16.6 Å². The third kappa shape index (κ3) is 5.11. The van der Waals surface area contributed by atoms with Crippen LogP contribution in [0.5, 0.6) is 0 Å². The molecule has 0 aliphatic carbocycles. The molecule has 2 aromatic carbocycles. The van der Waals surface area contributed by atoms with Crippen molar-refractivity contribution in [2.75, 3.05) is 5.32 Å². The molecule has 0 heterocycles. The molecule has 2 atom stereocenters. The number of carbonyl (C=O) groups excluding carboxylic acids is 2. The van der Waals surface area contributed by atoms with Crippen molar-refractivity contribution in [1.82, 2.24) is 5.32 Å². The fourth-order valence-corrected chi connectivity index (χ4v) is 2.56. The number of carbonyl (C=O) groups is 2. The van der Waals surface area contributed by atoms with Crippen LogP contribution in [0.15, 0.2) is 48.5 Å². The zero-order valence-corrected chi connectivity index (χ0v) is 15.5. The largest absolute Gasteiger partial charge is 0.340 e. The first-order valence-corrected chi connectivity index (χ1v) is 8.76. The van der Waals surface area contributed by atoms with Crippen molar-refractivity contribution in [3.8, 4) is 12.3 Å². The lowest BCUT2D eigenvalue weighted by atomic mass is 9.97. The fraction of sp³-hybridized carbons (Fsp3) is 0.238. The SMILES string of the molecule is C#Cc1cccc(NC(=O)C(NC(=O)c2ccc(Cl)cc2)C(C)CC)c1. The van der Waals surface area contributed by atoms with Gasteiger partial charge in [0, 0.05) is 21.8 Å². The van der Waals surface area contributed by atoms with E-state index >= 15 is 0 Å². The topological polar surface area (TPSA) is 58.2 Å². The third-order valence-corrected chi connectivity index (χ3v) is 4.44. The molecule has 2 aromatic rings. The summed E-state index contributed by atoms with van der Waals surface area (Å²) in [6, 6.07) is 12.9. The van der Waals surface area contributed by atoms with Crippen LogP contribution in [0.3, 0.4) is 0 Å². The maximum absolute atomic E-state index is 12.7. The molecule has 0 spiro atoms. The van der Waals surface area contributed by atoms with E-state index in [1.54, 1.807) is 48.5 Å². The Labute approximate surface area is 158 Å². The molecule has 0 saturated carbocycles. The van der Waals surface area contributed by atoms with Gasteiger partial charge in [-0.1, -0.05) is 43.9 Å². The Hall–Kier alpha value is -2.77. The van der Waals surface area contributed by atoms with Crippen LogP contribution in [0.25, 0.3) is 0 Å². The Morgan fingerprint density at radius 1 is 1.19 bits per heavy atom. The van der Waals surface area contributed by atoms with Crippen molar-refractivity contribution < 1.29 is 9.59 Å². The van der Waals surface area contributed by atoms with Gasteiger partial charge >= 0.3 is 0 Å². The molecule has 26 heavy (non-hydrogen) atoms. The van der Waals surface area contributed by atoms with Gasteiger partial charge in [-0.15, -0.1) is 6.42 Å². The molecule has 0 aromatic heterocycles. The lowest BCUT2D eigenvalue weighted by Crippen LogP contribution is -2.47. The predicted octanol–water partition coefficient (Wildman–Crippen LogP) is 4.10. The Morgan fingerprint density at radius 3 is 2.50 bits per heavy atom. The number of terminal acetylenes is 1. The maximum Gasteiger partial charge on any atom is 0.251 e. The number of hydrogen-bond donors (Lipinski definition) is 2. The average Bonchev–Trinajstić information content (AvgIpc) is 2.65. The van der Waals surface area contributed by atoms with Gasteiger partial charge in [0.15, 0.2) is 0 Å². The first kappa shape index (κ1) is 19.6. The number of halogens is 1. The van der Waals surface area contributed by atoms with Gasteiger partial charge in [0.2, 0.25) is 5.91 Å². The van der Waals surface area contributed by atoms with E-state index < -0.39 is 6.04 Å². The van der Waals surface area contributed by atoms with Gasteiger partial charge in [0.1, 0.15) is 6.04 Å². The monoisotopic (exact) mass is 368 g/mol. The summed E-state index contributed by atoms with van der Waals surface area (Å²) in [7, 11) is 0. The summed E-state index contributed by atoms with van der Waals surface area (Å²) in [6.45, 7) is 3.89. The lowest BCUT2D eigenvalue weighted by molar-refractivity contribution is -0.119. The highest BCUT2D eigenvalue weighted by Gasteiger charge is 2.26. The Kier molecular flexibility index (Phi) is 6.82. The van der Waals surface area contributed by atoms with Gasteiger partial charge in [-0.3, -0.25) is 9.59 Å². The molecule has 0 saturated heterocycles. The van der Waals surface area contributed by atoms with Crippen LogP contribution in [-0.4, -0.2) is 17.9 Å². The Balaban J connectivity index is 2.15. The molecule has 134 valence electrons. The van der Waals surface area contributed by atoms with E-state index in [-0.39, 0.29) is 17.7 Å². The average molecular weight is 369 g/mol. The molecule has 0 bridgehead atoms. The maximum atomic E-state index is 12.7. The smallest absolute Gasteiger partial charge is 0.251 e. The fourth-order valence-electron chi connectivity index (χ4n) is 2.43. The second-order valence-corrected chi connectivity index (χ2v) is 6.49. The van der Waals surface area contributed by atoms with Gasteiger partial charge in [-0.25, -0.2) is 0 Å². The molecule has 2 rings (SSSR count). The van der Waals surface area contributed by atoms with Crippen molar-refractivity contribution in [3.63, 3.8) is 0 Å². The quantitative estimate of drug-likeness (QED) is 0.754. The number of anilines is 1. The van der Waals surface area contributed by atoms with E-state index in [0.717, 1.165) is 6.42 Å². The van der Waals surface area contributed by atoms with E-state index in [9.17, 15) is 9.59 Å². The van der Waals surface area contributed by atoms with E-state index in [4.69, 9.17) is 18.0 Å². The van der Waals surface area contributed by atoms with Crippen LogP contribution < -0.4 is 10.6 Å². The molecule has 2 amide bonds. The summed E-state index contributed by atoms with van der Waals surface area (Å²) in [5, 5.41) is 6.19. The molecule has 0 fully saturated rings. The zero-order valence-electron chi connectivity index (χ0n) is 14.8. The zero-order chi connectivity index (χ0) is 19.1. The number of amides is 2. The minimum Gasteiger partial charge on any atom is -0.340 e. The van der Waals surface area contributed by atoms with E-state index in [1.807, 2.05) is 13.8 Å². The van der Waals surface area contributed by atoms with Gasteiger partial charge in [-0.05, 0) is 48.4 Å². The lowest BCUT2D eigenvalue weighted by Gasteiger charge is -2.23. The van der Waals surface area contributed by atoms with Gasteiger partial charge in [0.25, 0.3) is 5.91 Å². The first-order valence-electron chi connectivity index (χ1n) is 8.38. The Bertz CT molecular complexity index is 825. The standard InChI is InChI=1S/C21H21ClN2O2/c1-4-14(3)19(24-20(25)16-9-11-17(22)12-10-16)21(26)23-18-8-6-7-15(5-2)13-18/h2,6-14,19H,4H2,1,3H3,(H,23,26)(H,24,25). The number of benzene rings is 2. The van der Waals surface area contributed by atoms with E-state index in [0.29, 0.717) is 21.8 Å². The van der Waals surface area contributed by atoms with Gasteiger partial charge < -0.3 is 10.6 Å². The van der Waals surface area contributed by atoms with Crippen molar-refractivity contribution in [2.24, 2.45) is 5.92 Å². The van der Waals surface area contributed by atoms with Gasteiger partial charge in [0.05, 0.1) is 0 Å². The first-order chi connectivity index (χ1) is 12.4. The van der Waals surface area contributed by atoms with Crippen LogP contribution in [0, 0.1) is 18.3 Å². The third-order valence-electron chi connectivity index (χ3n) is 4.19. The molecular weight excluding hydrogens is 348 g/mol. The highest BCUT2D eigenvalue weighted by Crippen LogP contribution is 2.15. The summed E-state index contributed by atoms with van der Waals surface area (Å²) in [5.74, 6) is 1.89. The minimum atomic E-state index is -0.669. The number of nitrogens with one attached hydrogen (secondary N) is 2. The normalized spacial score (nSPS) is 12.5. The van der Waals surface area contributed by atoms with Crippen LogP contribution in [0.4, 0.5) is 5.69 Å². The van der Waals surface area contributed by atoms with Crippen molar-refractivity contribution in [1.29, 1.82) is 0 Å². The molecule has 2 N–H and O–H groups in total. The Morgan fingerprint density at radius 2 is 1.88 bits per heavy atom. The molecule has 2 unspecified atom stereocenters. The molecule has 0 aliphatic rings. The molecular formula is C21H21ClN2O2. The van der Waals surface area contributed by atoms with Crippen molar-refractivity contribution >= 4 is 29.1 Å². The molecule has 0 radical (unpaired) electrons. The van der Waals surface area contributed by atoms with Crippen LogP contribution in [0.1, 0.15) is 36.2 Å². The molecule has 5 heteroatoms.